The fraction of sp³-hybridized carbons (Fsp3) is 0.250. The van der Waals surface area contributed by atoms with Crippen LogP contribution in [0.2, 0.25) is 5.02 Å². The van der Waals surface area contributed by atoms with Crippen molar-refractivity contribution in [1.29, 1.82) is 0 Å². The van der Waals surface area contributed by atoms with Crippen LogP contribution in [0.4, 0.5) is 0 Å². The molecule has 0 radical (unpaired) electrons. The Balaban J connectivity index is 2.26. The van der Waals surface area contributed by atoms with Crippen LogP contribution in [0.5, 0.6) is 0 Å². The fourth-order valence-electron chi connectivity index (χ4n) is 2.85. The largest absolute Gasteiger partial charge is 0.336 e. The second kappa shape index (κ2) is 6.64. The van der Waals surface area contributed by atoms with Crippen LogP contribution >= 0.6 is 23.5 Å². The van der Waals surface area contributed by atoms with Gasteiger partial charge in [-0.25, -0.2) is 8.42 Å². The first-order valence-corrected chi connectivity index (χ1v) is 10.8. The van der Waals surface area contributed by atoms with E-state index in [0.29, 0.717) is 22.6 Å². The molecule has 7 nitrogen and oxygen atoms in total. The number of aromatic nitrogens is 2. The van der Waals surface area contributed by atoms with Crippen molar-refractivity contribution in [3.63, 3.8) is 0 Å². The lowest BCUT2D eigenvalue weighted by Crippen LogP contribution is -2.20. The molecule has 1 aromatic carbocycles. The molecule has 138 valence electrons. The monoisotopic (exact) mass is 413 g/mol. The Kier molecular flexibility index (Phi) is 4.80. The zero-order valence-corrected chi connectivity index (χ0v) is 16.6. The number of carbonyl (C=O) groups is 1. The summed E-state index contributed by atoms with van der Waals surface area (Å²) in [5.74, 6) is -0.0416. The average molecular weight is 414 g/mol. The van der Waals surface area contributed by atoms with Gasteiger partial charge in [-0.15, -0.1) is 0 Å². The van der Waals surface area contributed by atoms with Crippen LogP contribution in [-0.2, 0) is 16.9 Å². The van der Waals surface area contributed by atoms with Crippen molar-refractivity contribution >= 4 is 44.7 Å². The van der Waals surface area contributed by atoms with Gasteiger partial charge < -0.3 is 4.72 Å². The third-order valence-electron chi connectivity index (χ3n) is 4.07. The van der Waals surface area contributed by atoms with E-state index < -0.39 is 21.2 Å². The van der Waals surface area contributed by atoms with Crippen LogP contribution in [-0.4, -0.2) is 36.0 Å². The Morgan fingerprint density at radius 2 is 2.04 bits per heavy atom. The highest BCUT2D eigenvalue weighted by Crippen LogP contribution is 2.37. The third kappa shape index (κ3) is 3.10. The minimum Gasteiger partial charge on any atom is -0.336 e. The van der Waals surface area contributed by atoms with Crippen molar-refractivity contribution in [3.8, 4) is 0 Å². The van der Waals surface area contributed by atoms with Gasteiger partial charge in [0.15, 0.2) is 9.84 Å². The molecule has 0 amide bonds. The molecule has 1 aliphatic rings. The van der Waals surface area contributed by atoms with E-state index in [1.807, 2.05) is 0 Å². The molecule has 10 heteroatoms. The smallest absolute Gasteiger partial charge is 0.277 e. The van der Waals surface area contributed by atoms with Crippen LogP contribution in [0, 0.1) is 6.92 Å². The summed E-state index contributed by atoms with van der Waals surface area (Å²) in [4.78, 5) is 25.2. The first-order valence-electron chi connectivity index (χ1n) is 7.52. The van der Waals surface area contributed by atoms with Gasteiger partial charge in [0, 0.05) is 42.1 Å². The van der Waals surface area contributed by atoms with Gasteiger partial charge in [0.2, 0.25) is 5.78 Å². The van der Waals surface area contributed by atoms with Gasteiger partial charge >= 0.3 is 0 Å². The molecule has 0 atom stereocenters. The Morgan fingerprint density at radius 3 is 2.54 bits per heavy atom. The third-order valence-corrected chi connectivity index (χ3v) is 6.34. The van der Waals surface area contributed by atoms with E-state index in [4.69, 9.17) is 11.6 Å². The number of H-pyrrole nitrogens is 1. The zero-order valence-electron chi connectivity index (χ0n) is 14.2. The summed E-state index contributed by atoms with van der Waals surface area (Å²) in [6, 6.07) is 2.71. The van der Waals surface area contributed by atoms with Crippen molar-refractivity contribution < 1.29 is 13.2 Å². The highest BCUT2D eigenvalue weighted by Gasteiger charge is 2.28. The molecule has 2 aromatic rings. The molecule has 0 saturated carbocycles. The molecular formula is C16H16ClN3O4S2. The molecule has 0 spiro atoms. The van der Waals surface area contributed by atoms with Gasteiger partial charge in [0.05, 0.1) is 9.92 Å². The minimum absolute atomic E-state index is 0.0136. The van der Waals surface area contributed by atoms with E-state index in [0.717, 1.165) is 6.26 Å². The maximum absolute atomic E-state index is 12.9. The highest BCUT2D eigenvalue weighted by atomic mass is 35.5. The fourth-order valence-corrected chi connectivity index (χ4v) is 4.89. The number of benzene rings is 1. The van der Waals surface area contributed by atoms with E-state index in [9.17, 15) is 18.0 Å². The molecule has 1 aliphatic heterocycles. The molecule has 26 heavy (non-hydrogen) atoms. The lowest BCUT2D eigenvalue weighted by molar-refractivity contribution is 0.103. The number of nitrogens with one attached hydrogen (secondary N) is 2. The quantitative estimate of drug-likeness (QED) is 0.586. The molecule has 0 saturated heterocycles. The molecule has 2 heterocycles. The zero-order chi connectivity index (χ0) is 19.2. The number of hydrogen-bond acceptors (Lipinski definition) is 6. The molecule has 0 aliphatic carbocycles. The normalized spacial score (nSPS) is 14.2. The lowest BCUT2D eigenvalue weighted by atomic mass is 9.99. The van der Waals surface area contributed by atoms with Crippen LogP contribution in [0.3, 0.4) is 0 Å². The van der Waals surface area contributed by atoms with E-state index in [1.54, 1.807) is 13.1 Å². The van der Waals surface area contributed by atoms with Crippen molar-refractivity contribution in [1.82, 2.24) is 14.5 Å². The second-order valence-electron chi connectivity index (χ2n) is 5.95. The van der Waals surface area contributed by atoms with Crippen LogP contribution in [0.25, 0.3) is 5.57 Å². The van der Waals surface area contributed by atoms with Gasteiger partial charge in [0.25, 0.3) is 5.56 Å². The molecule has 0 unspecified atom stereocenters. The van der Waals surface area contributed by atoms with Gasteiger partial charge in [0.1, 0.15) is 5.56 Å². The molecule has 0 bridgehead atoms. The minimum atomic E-state index is -3.56. The van der Waals surface area contributed by atoms with Crippen LogP contribution in [0.1, 0.15) is 27.2 Å². The standard InChI is InChI=1S/C16H16ClN3O4S2/c1-8-12(16(22)20(2)19-8)15(21)10-4-5-11(26(3,23)24)13(14(10)17)9-6-18-25-7-9/h4-6,18-19H,7H2,1-3H3. The Bertz CT molecular complexity index is 1110. The van der Waals surface area contributed by atoms with E-state index in [-0.39, 0.29) is 21.0 Å². The summed E-state index contributed by atoms with van der Waals surface area (Å²) in [6.07, 6.45) is 2.75. The number of nitrogens with zero attached hydrogens (tertiary/aromatic N) is 1. The Hall–Kier alpha value is -1.97. The topological polar surface area (TPSA) is 101 Å². The summed E-state index contributed by atoms with van der Waals surface area (Å²) in [6.45, 7) is 1.62. The van der Waals surface area contributed by atoms with Gasteiger partial charge in [-0.05, 0) is 36.6 Å². The van der Waals surface area contributed by atoms with Crippen LogP contribution < -0.4 is 10.3 Å². The van der Waals surface area contributed by atoms with Crippen molar-refractivity contribution in [2.45, 2.75) is 11.8 Å². The molecular weight excluding hydrogens is 398 g/mol. The number of aromatic amines is 1. The predicted octanol–water partition coefficient (Wildman–Crippen LogP) is 1.90. The highest BCUT2D eigenvalue weighted by molar-refractivity contribution is 7.98. The number of halogens is 1. The number of sulfone groups is 1. The first kappa shape index (κ1) is 18.8. The number of hydrogen-bond donors (Lipinski definition) is 2. The maximum Gasteiger partial charge on any atom is 0.277 e. The van der Waals surface area contributed by atoms with Crippen molar-refractivity contribution in [2.24, 2.45) is 7.05 Å². The molecule has 0 fully saturated rings. The Morgan fingerprint density at radius 1 is 1.35 bits per heavy atom. The van der Waals surface area contributed by atoms with Crippen molar-refractivity contribution in [2.75, 3.05) is 12.0 Å². The lowest BCUT2D eigenvalue weighted by Gasteiger charge is -2.13. The van der Waals surface area contributed by atoms with E-state index in [1.165, 1.54) is 35.8 Å². The van der Waals surface area contributed by atoms with Gasteiger partial charge in [-0.2, -0.15) is 0 Å². The summed E-state index contributed by atoms with van der Waals surface area (Å²) in [5.41, 5.74) is 1.00. The summed E-state index contributed by atoms with van der Waals surface area (Å²) in [5, 5.41) is 2.80. The average Bonchev–Trinajstić information content (AvgIpc) is 3.14. The number of ketones is 1. The summed E-state index contributed by atoms with van der Waals surface area (Å²) < 4.78 is 28.5. The van der Waals surface area contributed by atoms with E-state index in [2.05, 4.69) is 9.82 Å². The molecule has 2 N–H and O–H groups in total. The number of rotatable bonds is 4. The Labute approximate surface area is 159 Å². The maximum atomic E-state index is 12.9. The SMILES string of the molecule is Cc1[nH]n(C)c(=O)c1C(=O)c1ccc(S(C)(=O)=O)c(C2=CNSC2)c1Cl. The summed E-state index contributed by atoms with van der Waals surface area (Å²) >= 11 is 7.86. The molecule has 3 rings (SSSR count). The number of carbonyl (C=O) groups excluding carboxylic acids is 1. The van der Waals surface area contributed by atoms with E-state index >= 15 is 0 Å². The van der Waals surface area contributed by atoms with Crippen molar-refractivity contribution in [3.05, 3.63) is 56.1 Å². The summed E-state index contributed by atoms with van der Waals surface area (Å²) in [7, 11) is -2.05. The first-order chi connectivity index (χ1) is 12.1. The predicted molar refractivity (Wildman–Crippen MR) is 102 cm³/mol. The second-order valence-corrected chi connectivity index (χ2v) is 9.13. The molecule has 1 aromatic heterocycles. The van der Waals surface area contributed by atoms with Gasteiger partial charge in [-0.1, -0.05) is 11.6 Å². The van der Waals surface area contributed by atoms with Crippen LogP contribution in [0.15, 0.2) is 28.0 Å². The number of aryl methyl sites for hydroxylation is 2. The van der Waals surface area contributed by atoms with Gasteiger partial charge in [-0.3, -0.25) is 19.4 Å².